The zero-order valence-electron chi connectivity index (χ0n) is 13.6. The summed E-state index contributed by atoms with van der Waals surface area (Å²) in [5, 5.41) is 3.50. The lowest BCUT2D eigenvalue weighted by atomic mass is 10.1. The number of hydrogen-bond donors (Lipinski definition) is 1. The summed E-state index contributed by atoms with van der Waals surface area (Å²) in [6.07, 6.45) is 7.71. The normalized spacial score (nSPS) is 19.2. The standard InChI is InChI=1S/C17H29N3O/c1-4-10-21-16-6-5-9-20(13-16)17-12-18-8-7-15(17)11-19-14(2)3/h7-8,12,14,16,19H,4-6,9-11,13H2,1-3H3. The first-order chi connectivity index (χ1) is 10.2. The van der Waals surface area contributed by atoms with Crippen molar-refractivity contribution in [2.45, 2.75) is 58.7 Å². The summed E-state index contributed by atoms with van der Waals surface area (Å²) in [6, 6.07) is 2.62. The van der Waals surface area contributed by atoms with Crippen LogP contribution in [0.25, 0.3) is 0 Å². The van der Waals surface area contributed by atoms with Crippen LogP contribution < -0.4 is 10.2 Å². The molecule has 2 rings (SSSR count). The SMILES string of the molecule is CCCOC1CCCN(c2cnccc2CNC(C)C)C1. The maximum absolute atomic E-state index is 5.94. The Morgan fingerprint density at radius 2 is 2.33 bits per heavy atom. The van der Waals surface area contributed by atoms with Crippen LogP contribution in [0, 0.1) is 0 Å². The summed E-state index contributed by atoms with van der Waals surface area (Å²) in [5.41, 5.74) is 2.59. The molecule has 1 aromatic rings. The molecular weight excluding hydrogens is 262 g/mol. The van der Waals surface area contributed by atoms with E-state index >= 15 is 0 Å². The smallest absolute Gasteiger partial charge is 0.0750 e. The van der Waals surface area contributed by atoms with Gasteiger partial charge in [0.1, 0.15) is 0 Å². The molecule has 0 aliphatic carbocycles. The van der Waals surface area contributed by atoms with E-state index in [1.165, 1.54) is 24.1 Å². The summed E-state index contributed by atoms with van der Waals surface area (Å²) in [7, 11) is 0. The van der Waals surface area contributed by atoms with Crippen molar-refractivity contribution in [1.82, 2.24) is 10.3 Å². The molecule has 4 nitrogen and oxygen atoms in total. The van der Waals surface area contributed by atoms with Crippen LogP contribution in [0.4, 0.5) is 5.69 Å². The molecule has 1 aliphatic rings. The zero-order valence-corrected chi connectivity index (χ0v) is 13.6. The number of nitrogens with zero attached hydrogens (tertiary/aromatic N) is 2. The van der Waals surface area contributed by atoms with Crippen molar-refractivity contribution in [3.8, 4) is 0 Å². The van der Waals surface area contributed by atoms with Gasteiger partial charge >= 0.3 is 0 Å². The second-order valence-electron chi connectivity index (χ2n) is 6.12. The first kappa shape index (κ1) is 16.2. The number of rotatable bonds is 7. The number of nitrogens with one attached hydrogen (secondary N) is 1. The largest absolute Gasteiger partial charge is 0.376 e. The zero-order chi connectivity index (χ0) is 15.1. The predicted molar refractivity (Wildman–Crippen MR) is 87.7 cm³/mol. The van der Waals surface area contributed by atoms with Gasteiger partial charge < -0.3 is 15.0 Å². The van der Waals surface area contributed by atoms with Gasteiger partial charge in [-0.1, -0.05) is 20.8 Å². The molecule has 0 amide bonds. The van der Waals surface area contributed by atoms with Crippen molar-refractivity contribution in [2.24, 2.45) is 0 Å². The van der Waals surface area contributed by atoms with E-state index in [-0.39, 0.29) is 0 Å². The summed E-state index contributed by atoms with van der Waals surface area (Å²) >= 11 is 0. The fourth-order valence-electron chi connectivity index (χ4n) is 2.74. The van der Waals surface area contributed by atoms with E-state index in [9.17, 15) is 0 Å². The highest BCUT2D eigenvalue weighted by atomic mass is 16.5. The van der Waals surface area contributed by atoms with Crippen molar-refractivity contribution >= 4 is 5.69 Å². The minimum absolute atomic E-state index is 0.366. The number of piperidine rings is 1. The number of aromatic nitrogens is 1. The van der Waals surface area contributed by atoms with Gasteiger partial charge in [0.05, 0.1) is 18.0 Å². The Balaban J connectivity index is 2.02. The molecule has 1 aromatic heterocycles. The third-order valence-corrected chi connectivity index (χ3v) is 3.86. The van der Waals surface area contributed by atoms with Gasteiger partial charge in [-0.2, -0.15) is 0 Å². The summed E-state index contributed by atoms with van der Waals surface area (Å²) in [6.45, 7) is 10.4. The van der Waals surface area contributed by atoms with Gasteiger partial charge in [0.25, 0.3) is 0 Å². The van der Waals surface area contributed by atoms with E-state index in [4.69, 9.17) is 4.74 Å². The van der Waals surface area contributed by atoms with Crippen LogP contribution in [0.15, 0.2) is 18.5 Å². The fourth-order valence-corrected chi connectivity index (χ4v) is 2.74. The van der Waals surface area contributed by atoms with Gasteiger partial charge in [-0.25, -0.2) is 0 Å². The van der Waals surface area contributed by atoms with Crippen LogP contribution in [-0.4, -0.2) is 36.8 Å². The monoisotopic (exact) mass is 291 g/mol. The second kappa shape index (κ2) is 8.35. The number of pyridine rings is 1. The van der Waals surface area contributed by atoms with Gasteiger partial charge in [-0.05, 0) is 30.9 Å². The lowest BCUT2D eigenvalue weighted by Gasteiger charge is -2.35. The minimum atomic E-state index is 0.366. The molecule has 0 saturated carbocycles. The molecule has 1 unspecified atom stereocenters. The Hall–Kier alpha value is -1.13. The quantitative estimate of drug-likeness (QED) is 0.838. The first-order valence-corrected chi connectivity index (χ1v) is 8.23. The molecule has 0 aromatic carbocycles. The molecule has 1 atom stereocenters. The molecule has 0 radical (unpaired) electrons. The van der Waals surface area contributed by atoms with E-state index in [1.54, 1.807) is 0 Å². The van der Waals surface area contributed by atoms with E-state index in [2.05, 4.69) is 42.0 Å². The van der Waals surface area contributed by atoms with Crippen LogP contribution in [0.2, 0.25) is 0 Å². The fraction of sp³-hybridized carbons (Fsp3) is 0.706. The van der Waals surface area contributed by atoms with Gasteiger partial charge in [0, 0.05) is 38.5 Å². The van der Waals surface area contributed by atoms with Crippen molar-refractivity contribution in [3.63, 3.8) is 0 Å². The van der Waals surface area contributed by atoms with E-state index in [0.29, 0.717) is 12.1 Å². The van der Waals surface area contributed by atoms with Crippen LogP contribution in [0.5, 0.6) is 0 Å². The van der Waals surface area contributed by atoms with Gasteiger partial charge in [0.2, 0.25) is 0 Å². The van der Waals surface area contributed by atoms with Crippen molar-refractivity contribution < 1.29 is 4.74 Å². The lowest BCUT2D eigenvalue weighted by Crippen LogP contribution is -2.40. The molecule has 1 saturated heterocycles. The van der Waals surface area contributed by atoms with Crippen LogP contribution >= 0.6 is 0 Å². The molecular formula is C17H29N3O. The Kier molecular flexibility index (Phi) is 6.46. The highest BCUT2D eigenvalue weighted by molar-refractivity contribution is 5.52. The van der Waals surface area contributed by atoms with Gasteiger partial charge in [0.15, 0.2) is 0 Å². The first-order valence-electron chi connectivity index (χ1n) is 8.23. The number of anilines is 1. The molecule has 2 heterocycles. The maximum Gasteiger partial charge on any atom is 0.0750 e. The Morgan fingerprint density at radius 1 is 1.48 bits per heavy atom. The van der Waals surface area contributed by atoms with Crippen LogP contribution in [-0.2, 0) is 11.3 Å². The Labute approximate surface area is 128 Å². The molecule has 118 valence electrons. The van der Waals surface area contributed by atoms with Crippen molar-refractivity contribution in [2.75, 3.05) is 24.6 Å². The predicted octanol–water partition coefficient (Wildman–Crippen LogP) is 2.98. The second-order valence-corrected chi connectivity index (χ2v) is 6.12. The summed E-state index contributed by atoms with van der Waals surface area (Å²) in [5.74, 6) is 0. The molecule has 1 fully saturated rings. The van der Waals surface area contributed by atoms with E-state index in [0.717, 1.165) is 32.7 Å². The summed E-state index contributed by atoms with van der Waals surface area (Å²) in [4.78, 5) is 6.76. The molecule has 1 N–H and O–H groups in total. The third-order valence-electron chi connectivity index (χ3n) is 3.86. The Bertz CT molecular complexity index is 422. The van der Waals surface area contributed by atoms with E-state index in [1.807, 2.05) is 12.4 Å². The lowest BCUT2D eigenvalue weighted by molar-refractivity contribution is 0.0440. The average Bonchev–Trinajstić information content (AvgIpc) is 2.51. The summed E-state index contributed by atoms with van der Waals surface area (Å²) < 4.78 is 5.94. The van der Waals surface area contributed by atoms with Gasteiger partial charge in [-0.15, -0.1) is 0 Å². The van der Waals surface area contributed by atoms with Crippen LogP contribution in [0.3, 0.4) is 0 Å². The average molecular weight is 291 g/mol. The number of ether oxygens (including phenoxy) is 1. The van der Waals surface area contributed by atoms with Gasteiger partial charge in [-0.3, -0.25) is 4.98 Å². The van der Waals surface area contributed by atoms with Crippen LogP contribution in [0.1, 0.15) is 45.6 Å². The molecule has 1 aliphatic heterocycles. The molecule has 0 bridgehead atoms. The van der Waals surface area contributed by atoms with E-state index < -0.39 is 0 Å². The molecule has 21 heavy (non-hydrogen) atoms. The highest BCUT2D eigenvalue weighted by Crippen LogP contribution is 2.24. The number of hydrogen-bond acceptors (Lipinski definition) is 4. The maximum atomic E-state index is 5.94. The third kappa shape index (κ3) is 4.97. The minimum Gasteiger partial charge on any atom is -0.376 e. The Morgan fingerprint density at radius 3 is 3.10 bits per heavy atom. The van der Waals surface area contributed by atoms with Crippen molar-refractivity contribution in [1.29, 1.82) is 0 Å². The highest BCUT2D eigenvalue weighted by Gasteiger charge is 2.22. The molecule has 0 spiro atoms. The van der Waals surface area contributed by atoms with Crippen molar-refractivity contribution in [3.05, 3.63) is 24.0 Å². The molecule has 4 heteroatoms. The topological polar surface area (TPSA) is 37.4 Å².